The SMILES string of the molecule is Cn1c(=O)n(C2CCC(=O)NC2=O)c2cccc(C#CCCCOCc3ccc(-n4cc([N+](=O)[O-])c(C(F)F)n4)cc3)c21. The quantitative estimate of drug-likeness (QED) is 0.103. The number of aryl methyl sites for hydroxylation is 1. The van der Waals surface area contributed by atoms with E-state index in [4.69, 9.17) is 4.74 Å². The van der Waals surface area contributed by atoms with Gasteiger partial charge in [-0.2, -0.15) is 5.10 Å². The summed E-state index contributed by atoms with van der Waals surface area (Å²) in [6, 6.07) is 11.2. The van der Waals surface area contributed by atoms with E-state index in [1.54, 1.807) is 49.5 Å². The monoisotopic (exact) mass is 592 g/mol. The second kappa shape index (κ2) is 12.4. The number of unbranched alkanes of at least 4 members (excludes halogenated alkanes) is 1. The van der Waals surface area contributed by atoms with Crippen LogP contribution in [0.4, 0.5) is 14.5 Å². The first kappa shape index (κ1) is 29.3. The van der Waals surface area contributed by atoms with Crippen molar-refractivity contribution in [3.63, 3.8) is 0 Å². The van der Waals surface area contributed by atoms with Gasteiger partial charge in [0, 0.05) is 26.5 Å². The minimum absolute atomic E-state index is 0.161. The smallest absolute Gasteiger partial charge is 0.329 e. The highest BCUT2D eigenvalue weighted by Crippen LogP contribution is 2.28. The molecule has 2 aromatic carbocycles. The number of halogens is 2. The fraction of sp³-hybridized carbons (Fsp3) is 0.310. The third-order valence-electron chi connectivity index (χ3n) is 7.03. The van der Waals surface area contributed by atoms with Crippen molar-refractivity contribution < 1.29 is 28.0 Å². The Kier molecular flexibility index (Phi) is 8.44. The number of carbonyl (C=O) groups is 2. The summed E-state index contributed by atoms with van der Waals surface area (Å²) in [6.07, 6.45) is -0.516. The second-order valence-electron chi connectivity index (χ2n) is 9.88. The lowest BCUT2D eigenvalue weighted by molar-refractivity contribution is -0.386. The first-order valence-electron chi connectivity index (χ1n) is 13.4. The van der Waals surface area contributed by atoms with Crippen LogP contribution in [0.25, 0.3) is 16.7 Å². The van der Waals surface area contributed by atoms with E-state index in [1.165, 1.54) is 9.13 Å². The Morgan fingerprint density at radius 3 is 2.63 bits per heavy atom. The molecular formula is C29H26F2N6O6. The number of para-hydroxylation sites is 1. The summed E-state index contributed by atoms with van der Waals surface area (Å²) in [5.41, 5.74) is 1.07. The maximum Gasteiger partial charge on any atom is 0.329 e. The molecule has 1 aliphatic heterocycles. The van der Waals surface area contributed by atoms with Crippen LogP contribution in [-0.2, 0) is 28.0 Å². The zero-order chi connectivity index (χ0) is 30.7. The Bertz CT molecular complexity index is 1830. The number of carbonyl (C=O) groups excluding carboxylic acids is 2. The number of nitro groups is 1. The zero-order valence-corrected chi connectivity index (χ0v) is 23.0. The minimum atomic E-state index is -3.06. The van der Waals surface area contributed by atoms with Gasteiger partial charge in [0.2, 0.25) is 17.5 Å². The molecule has 1 aliphatic rings. The Morgan fingerprint density at radius 2 is 1.95 bits per heavy atom. The van der Waals surface area contributed by atoms with E-state index in [1.807, 2.05) is 0 Å². The van der Waals surface area contributed by atoms with Crippen LogP contribution < -0.4 is 11.0 Å². The van der Waals surface area contributed by atoms with E-state index < -0.39 is 34.7 Å². The van der Waals surface area contributed by atoms with Gasteiger partial charge in [0.05, 0.1) is 33.8 Å². The molecule has 222 valence electrons. The largest absolute Gasteiger partial charge is 0.377 e. The molecule has 1 fully saturated rings. The number of benzene rings is 2. The van der Waals surface area contributed by atoms with Crippen molar-refractivity contribution in [3.8, 4) is 17.5 Å². The maximum atomic E-state index is 13.1. The fourth-order valence-corrected chi connectivity index (χ4v) is 4.93. The molecular weight excluding hydrogens is 566 g/mol. The highest BCUT2D eigenvalue weighted by atomic mass is 19.3. The van der Waals surface area contributed by atoms with Crippen LogP contribution in [0.15, 0.2) is 53.5 Å². The summed E-state index contributed by atoms with van der Waals surface area (Å²) >= 11 is 0. The summed E-state index contributed by atoms with van der Waals surface area (Å²) in [5.74, 6) is 5.37. The molecule has 14 heteroatoms. The Hall–Kier alpha value is -5.16. The van der Waals surface area contributed by atoms with Crippen LogP contribution in [0.1, 0.15) is 55.0 Å². The number of ether oxygens (including phenoxy) is 1. The highest BCUT2D eigenvalue weighted by molar-refractivity contribution is 6.00. The molecule has 0 spiro atoms. The van der Waals surface area contributed by atoms with Crippen molar-refractivity contribution in [2.75, 3.05) is 6.61 Å². The average Bonchev–Trinajstić information content (AvgIpc) is 3.54. The van der Waals surface area contributed by atoms with Crippen molar-refractivity contribution in [2.45, 2.75) is 44.8 Å². The first-order valence-corrected chi connectivity index (χ1v) is 13.4. The van der Waals surface area contributed by atoms with Crippen LogP contribution in [0.5, 0.6) is 0 Å². The predicted octanol–water partition coefficient (Wildman–Crippen LogP) is 3.70. The van der Waals surface area contributed by atoms with E-state index in [0.717, 1.165) is 16.4 Å². The van der Waals surface area contributed by atoms with Crippen LogP contribution in [0.3, 0.4) is 0 Å². The van der Waals surface area contributed by atoms with Crippen molar-refractivity contribution in [2.24, 2.45) is 7.05 Å². The standard InChI is InChI=1S/C29H26F2N6O6/c1-34-26-19(7-5-8-21(26)36(29(34)40)22-13-14-24(38)32-28(22)39)6-3-2-4-15-43-17-18-9-11-20(12-10-18)35-16-23(37(41)42)25(33-35)27(30)31/h5,7-12,16,22,27H,2,4,13-15,17H2,1H3,(H,32,38,39). The lowest BCUT2D eigenvalue weighted by Gasteiger charge is -2.21. The Balaban J connectivity index is 1.16. The fourth-order valence-electron chi connectivity index (χ4n) is 4.93. The number of hydrogen-bond acceptors (Lipinski definition) is 7. The van der Waals surface area contributed by atoms with Crippen molar-refractivity contribution in [1.82, 2.24) is 24.2 Å². The van der Waals surface area contributed by atoms with Crippen LogP contribution in [-0.4, -0.2) is 42.3 Å². The molecule has 5 rings (SSSR count). The number of imidazole rings is 1. The summed E-state index contributed by atoms with van der Waals surface area (Å²) < 4.78 is 35.8. The van der Waals surface area contributed by atoms with Gasteiger partial charge in [0.25, 0.3) is 6.43 Å². The highest BCUT2D eigenvalue weighted by Gasteiger charge is 2.31. The second-order valence-corrected chi connectivity index (χ2v) is 9.88. The maximum absolute atomic E-state index is 13.1. The van der Waals surface area contributed by atoms with Gasteiger partial charge in [-0.15, -0.1) is 0 Å². The third kappa shape index (κ3) is 6.07. The van der Waals surface area contributed by atoms with Crippen molar-refractivity contribution in [3.05, 3.63) is 86.1 Å². The average molecular weight is 593 g/mol. The summed E-state index contributed by atoms with van der Waals surface area (Å²) in [7, 11) is 1.62. The van der Waals surface area contributed by atoms with Crippen molar-refractivity contribution in [1.29, 1.82) is 0 Å². The van der Waals surface area contributed by atoms with Crippen molar-refractivity contribution >= 4 is 28.5 Å². The molecule has 1 N–H and O–H groups in total. The van der Waals surface area contributed by atoms with E-state index in [9.17, 15) is 33.3 Å². The van der Waals surface area contributed by atoms with Gasteiger partial charge >= 0.3 is 11.4 Å². The zero-order valence-electron chi connectivity index (χ0n) is 23.0. The molecule has 0 radical (unpaired) electrons. The normalized spacial score (nSPS) is 15.0. The lowest BCUT2D eigenvalue weighted by atomic mass is 10.1. The summed E-state index contributed by atoms with van der Waals surface area (Å²) in [5, 5.41) is 17.0. The predicted molar refractivity (Wildman–Crippen MR) is 150 cm³/mol. The molecule has 0 aliphatic carbocycles. The number of piperidine rings is 1. The van der Waals surface area contributed by atoms with Gasteiger partial charge in [-0.05, 0) is 42.7 Å². The van der Waals surface area contributed by atoms with Gasteiger partial charge < -0.3 is 4.74 Å². The van der Waals surface area contributed by atoms with E-state index in [2.05, 4.69) is 22.3 Å². The van der Waals surface area contributed by atoms with E-state index in [0.29, 0.717) is 48.3 Å². The van der Waals surface area contributed by atoms with E-state index in [-0.39, 0.29) is 24.4 Å². The molecule has 0 saturated carbocycles. The van der Waals surface area contributed by atoms with Crippen LogP contribution in [0.2, 0.25) is 0 Å². The van der Waals surface area contributed by atoms with Gasteiger partial charge in [0.1, 0.15) is 12.2 Å². The lowest BCUT2D eigenvalue weighted by Crippen LogP contribution is -2.44. The minimum Gasteiger partial charge on any atom is -0.377 e. The van der Waals surface area contributed by atoms with E-state index >= 15 is 0 Å². The molecule has 0 bridgehead atoms. The number of hydrogen-bond donors (Lipinski definition) is 1. The molecule has 1 atom stereocenters. The number of aromatic nitrogens is 4. The Labute approximate surface area is 243 Å². The molecule has 3 heterocycles. The van der Waals surface area contributed by atoms with Crippen LogP contribution >= 0.6 is 0 Å². The topological polar surface area (TPSA) is 143 Å². The van der Waals surface area contributed by atoms with Gasteiger partial charge in [-0.1, -0.05) is 30.0 Å². The third-order valence-corrected chi connectivity index (χ3v) is 7.03. The molecule has 1 saturated heterocycles. The molecule has 4 aromatic rings. The number of rotatable bonds is 9. The summed E-state index contributed by atoms with van der Waals surface area (Å²) in [6.45, 7) is 0.721. The molecule has 2 amide bonds. The number of imide groups is 1. The molecule has 1 unspecified atom stereocenters. The van der Waals surface area contributed by atoms with Gasteiger partial charge in [-0.25, -0.2) is 18.3 Å². The number of nitrogens with zero attached hydrogens (tertiary/aromatic N) is 5. The molecule has 12 nitrogen and oxygen atoms in total. The number of amides is 2. The summed E-state index contributed by atoms with van der Waals surface area (Å²) in [4.78, 5) is 47.1. The first-order chi connectivity index (χ1) is 20.7. The van der Waals surface area contributed by atoms with Gasteiger partial charge in [0.15, 0.2) is 0 Å². The molecule has 43 heavy (non-hydrogen) atoms. The number of fused-ring (bicyclic) bond motifs is 1. The van der Waals surface area contributed by atoms with Gasteiger partial charge in [-0.3, -0.25) is 34.2 Å². The Morgan fingerprint density at radius 1 is 1.19 bits per heavy atom. The molecule has 2 aromatic heterocycles. The number of alkyl halides is 2. The van der Waals surface area contributed by atoms with Crippen LogP contribution in [0, 0.1) is 22.0 Å². The number of nitrogens with one attached hydrogen (secondary N) is 1.